The second-order valence-electron chi connectivity index (χ2n) is 6.01. The molecule has 3 aromatic rings. The van der Waals surface area contributed by atoms with Gasteiger partial charge in [-0.3, -0.25) is 14.4 Å². The summed E-state index contributed by atoms with van der Waals surface area (Å²) in [5.74, 6) is -1.12. The summed E-state index contributed by atoms with van der Waals surface area (Å²) in [4.78, 5) is 43.3. The van der Waals surface area contributed by atoms with Gasteiger partial charge in [0, 0.05) is 18.8 Å². The molecule has 2 aromatic carbocycles. The number of imidazole rings is 1. The lowest BCUT2D eigenvalue weighted by Crippen LogP contribution is -2.23. The number of aromatic amines is 1. The lowest BCUT2D eigenvalue weighted by Gasteiger charge is -2.13. The highest BCUT2D eigenvalue weighted by Gasteiger charge is 2.20. The average Bonchev–Trinajstić information content (AvgIpc) is 3.24. The van der Waals surface area contributed by atoms with E-state index < -0.39 is 17.7 Å². The van der Waals surface area contributed by atoms with Crippen LogP contribution in [0.4, 0.5) is 11.4 Å². The highest BCUT2D eigenvalue weighted by Crippen LogP contribution is 2.29. The van der Waals surface area contributed by atoms with E-state index in [0.29, 0.717) is 27.7 Å². The van der Waals surface area contributed by atoms with Crippen LogP contribution < -0.4 is 20.7 Å². The van der Waals surface area contributed by atoms with Crippen molar-refractivity contribution in [1.29, 1.82) is 0 Å². The predicted octanol–water partition coefficient (Wildman–Crippen LogP) is 2.94. The summed E-state index contributed by atoms with van der Waals surface area (Å²) in [5.41, 5.74) is 1.10. The summed E-state index contributed by atoms with van der Waals surface area (Å²) < 4.78 is 5.32. The van der Waals surface area contributed by atoms with Crippen LogP contribution >= 0.6 is 11.6 Å². The number of hydrogen-bond acceptors (Lipinski definition) is 5. The third-order valence-electron chi connectivity index (χ3n) is 4.13. The topological polar surface area (TPSA) is 125 Å². The summed E-state index contributed by atoms with van der Waals surface area (Å²) in [7, 11) is 2.88. The van der Waals surface area contributed by atoms with Crippen molar-refractivity contribution < 1.29 is 19.1 Å². The van der Waals surface area contributed by atoms with Gasteiger partial charge in [0.2, 0.25) is 0 Å². The van der Waals surface area contributed by atoms with Gasteiger partial charge in [-0.25, -0.2) is 4.98 Å². The molecule has 0 bridgehead atoms. The smallest absolute Gasteiger partial charge is 0.276 e. The first-order valence-electron chi connectivity index (χ1n) is 8.75. The molecule has 0 saturated heterocycles. The molecule has 1 heterocycles. The Bertz CT molecular complexity index is 1110. The molecule has 0 atom stereocenters. The van der Waals surface area contributed by atoms with Crippen LogP contribution in [0.2, 0.25) is 5.02 Å². The molecule has 0 radical (unpaired) electrons. The highest BCUT2D eigenvalue weighted by molar-refractivity contribution is 6.34. The molecule has 0 unspecified atom stereocenters. The molecular weight excluding hydrogens is 410 g/mol. The van der Waals surface area contributed by atoms with E-state index in [1.807, 2.05) is 0 Å². The fourth-order valence-electron chi connectivity index (χ4n) is 2.66. The molecule has 0 aliphatic carbocycles. The Morgan fingerprint density at radius 3 is 2.50 bits per heavy atom. The number of H-pyrrole nitrogens is 1. The van der Waals surface area contributed by atoms with Crippen LogP contribution in [-0.2, 0) is 0 Å². The first-order valence-corrected chi connectivity index (χ1v) is 9.13. The number of ether oxygens (including phenoxy) is 1. The van der Waals surface area contributed by atoms with E-state index in [1.54, 1.807) is 36.4 Å². The van der Waals surface area contributed by atoms with Gasteiger partial charge in [0.05, 0.1) is 29.7 Å². The number of nitrogens with zero attached hydrogens (tertiary/aromatic N) is 1. The van der Waals surface area contributed by atoms with Crippen LogP contribution in [0.15, 0.2) is 48.8 Å². The lowest BCUT2D eigenvalue weighted by atomic mass is 10.2. The van der Waals surface area contributed by atoms with E-state index >= 15 is 0 Å². The third kappa shape index (κ3) is 4.41. The Balaban J connectivity index is 1.78. The van der Waals surface area contributed by atoms with Crippen molar-refractivity contribution >= 4 is 40.7 Å². The van der Waals surface area contributed by atoms with Crippen molar-refractivity contribution in [1.82, 2.24) is 15.3 Å². The van der Waals surface area contributed by atoms with Crippen molar-refractivity contribution in [2.75, 3.05) is 24.8 Å². The van der Waals surface area contributed by atoms with Crippen molar-refractivity contribution in [3.05, 3.63) is 70.8 Å². The van der Waals surface area contributed by atoms with E-state index in [4.69, 9.17) is 16.3 Å². The summed E-state index contributed by atoms with van der Waals surface area (Å²) in [5, 5.41) is 8.12. The number of nitrogens with one attached hydrogen (secondary N) is 4. The van der Waals surface area contributed by atoms with Crippen molar-refractivity contribution in [3.63, 3.8) is 0 Å². The van der Waals surface area contributed by atoms with E-state index in [-0.39, 0.29) is 11.4 Å². The van der Waals surface area contributed by atoms with Gasteiger partial charge in [-0.1, -0.05) is 23.7 Å². The zero-order valence-corrected chi connectivity index (χ0v) is 16.8. The number of methoxy groups -OCH3 is 1. The number of anilines is 2. The van der Waals surface area contributed by atoms with Crippen molar-refractivity contribution in [2.24, 2.45) is 0 Å². The summed E-state index contributed by atoms with van der Waals surface area (Å²) in [6, 6.07) is 11.3. The molecule has 30 heavy (non-hydrogen) atoms. The molecule has 4 N–H and O–H groups in total. The van der Waals surface area contributed by atoms with Gasteiger partial charge in [-0.05, 0) is 24.3 Å². The molecule has 9 nitrogen and oxygen atoms in total. The van der Waals surface area contributed by atoms with Crippen LogP contribution in [0.1, 0.15) is 31.3 Å². The van der Waals surface area contributed by atoms with Gasteiger partial charge in [0.1, 0.15) is 11.4 Å². The molecule has 3 amide bonds. The normalized spacial score (nSPS) is 10.2. The Morgan fingerprint density at radius 1 is 1.03 bits per heavy atom. The van der Waals surface area contributed by atoms with E-state index in [0.717, 1.165) is 0 Å². The van der Waals surface area contributed by atoms with Gasteiger partial charge < -0.3 is 25.7 Å². The molecule has 0 aliphatic rings. The van der Waals surface area contributed by atoms with Gasteiger partial charge in [-0.15, -0.1) is 0 Å². The Labute approximate surface area is 176 Å². The molecule has 1 aromatic heterocycles. The number of benzene rings is 2. The molecule has 154 valence electrons. The second-order valence-corrected chi connectivity index (χ2v) is 6.42. The first kappa shape index (κ1) is 20.9. The third-order valence-corrected chi connectivity index (χ3v) is 4.46. The molecule has 3 rings (SSSR count). The number of aromatic nitrogens is 2. The first-order chi connectivity index (χ1) is 14.4. The van der Waals surface area contributed by atoms with E-state index in [9.17, 15) is 14.4 Å². The Morgan fingerprint density at radius 2 is 1.80 bits per heavy atom. The Hall–Kier alpha value is -3.85. The molecule has 0 saturated carbocycles. The fourth-order valence-corrected chi connectivity index (χ4v) is 2.88. The van der Waals surface area contributed by atoms with Crippen LogP contribution in [0.3, 0.4) is 0 Å². The SMILES string of the molecule is CNC(=O)c1[nH]cnc1C(=O)Nc1ccc(NC(=O)c2ccccc2Cl)c(OC)c1. The number of carbonyl (C=O) groups is 3. The van der Waals surface area contributed by atoms with Crippen LogP contribution in [0, 0.1) is 0 Å². The van der Waals surface area contributed by atoms with E-state index in [2.05, 4.69) is 25.9 Å². The summed E-state index contributed by atoms with van der Waals surface area (Å²) in [6.45, 7) is 0. The zero-order valence-electron chi connectivity index (χ0n) is 16.1. The molecule has 0 fully saturated rings. The minimum atomic E-state index is -0.579. The highest BCUT2D eigenvalue weighted by atomic mass is 35.5. The predicted molar refractivity (Wildman–Crippen MR) is 112 cm³/mol. The average molecular weight is 428 g/mol. The number of amides is 3. The summed E-state index contributed by atoms with van der Waals surface area (Å²) in [6.07, 6.45) is 1.26. The molecule has 0 spiro atoms. The quantitative estimate of drug-likeness (QED) is 0.481. The standard InChI is InChI=1S/C20H18ClN5O4/c1-22-19(28)16-17(24-10-23-16)20(29)25-11-7-8-14(15(9-11)30-2)26-18(27)12-5-3-4-6-13(12)21/h3-10H,1-2H3,(H,22,28)(H,23,24)(H,25,29)(H,26,27). The van der Waals surface area contributed by atoms with Crippen molar-refractivity contribution in [2.45, 2.75) is 0 Å². The molecule has 10 heteroatoms. The van der Waals surface area contributed by atoms with E-state index in [1.165, 1.54) is 26.6 Å². The van der Waals surface area contributed by atoms with Crippen LogP contribution in [0.25, 0.3) is 0 Å². The zero-order chi connectivity index (χ0) is 21.7. The van der Waals surface area contributed by atoms with Crippen molar-refractivity contribution in [3.8, 4) is 5.75 Å². The Kier molecular flexibility index (Phi) is 6.33. The minimum absolute atomic E-state index is 0.0468. The van der Waals surface area contributed by atoms with Crippen LogP contribution in [0.5, 0.6) is 5.75 Å². The maximum atomic E-state index is 12.5. The minimum Gasteiger partial charge on any atom is -0.494 e. The lowest BCUT2D eigenvalue weighted by molar-refractivity contribution is 0.0943. The summed E-state index contributed by atoms with van der Waals surface area (Å²) >= 11 is 6.06. The molecule has 0 aliphatic heterocycles. The van der Waals surface area contributed by atoms with Gasteiger partial charge in [-0.2, -0.15) is 0 Å². The second kappa shape index (κ2) is 9.10. The monoisotopic (exact) mass is 427 g/mol. The maximum absolute atomic E-state index is 12.5. The number of hydrogen-bond donors (Lipinski definition) is 4. The van der Waals surface area contributed by atoms with Crippen LogP contribution in [-0.4, -0.2) is 41.8 Å². The van der Waals surface area contributed by atoms with Gasteiger partial charge in [0.25, 0.3) is 17.7 Å². The maximum Gasteiger partial charge on any atom is 0.276 e. The number of carbonyl (C=O) groups excluding carboxylic acids is 3. The fraction of sp³-hybridized carbons (Fsp3) is 0.100. The van der Waals surface area contributed by atoms with Gasteiger partial charge >= 0.3 is 0 Å². The number of rotatable bonds is 6. The largest absolute Gasteiger partial charge is 0.494 e. The van der Waals surface area contributed by atoms with Gasteiger partial charge in [0.15, 0.2) is 5.69 Å². The molecular formula is C20H18ClN5O4. The number of halogens is 1.